The highest BCUT2D eigenvalue weighted by molar-refractivity contribution is 6.04. The van der Waals surface area contributed by atoms with Crippen LogP contribution in [0.4, 0.5) is 0 Å². The van der Waals surface area contributed by atoms with Crippen molar-refractivity contribution in [1.82, 2.24) is 10.3 Å². The summed E-state index contributed by atoms with van der Waals surface area (Å²) in [4.78, 5) is 39.0. The summed E-state index contributed by atoms with van der Waals surface area (Å²) in [5.41, 5.74) is 1.54. The first-order valence-electron chi connectivity index (χ1n) is 8.12. The summed E-state index contributed by atoms with van der Waals surface area (Å²) in [6.07, 6.45) is 2.95. The van der Waals surface area contributed by atoms with Crippen LogP contribution in [0.3, 0.4) is 0 Å². The third-order valence-electron chi connectivity index (χ3n) is 5.06. The molecule has 0 atom stereocenters. The van der Waals surface area contributed by atoms with Crippen molar-refractivity contribution in [3.8, 4) is 0 Å². The van der Waals surface area contributed by atoms with Gasteiger partial charge in [-0.1, -0.05) is 13.8 Å². The number of hydrogen-bond acceptors (Lipinski definition) is 3. The number of carbonyl (C=O) groups excluding carboxylic acids is 2. The molecule has 0 saturated heterocycles. The average molecular weight is 320 g/mol. The van der Waals surface area contributed by atoms with Crippen LogP contribution in [0.2, 0.25) is 0 Å². The second-order valence-corrected chi connectivity index (χ2v) is 6.23. The lowest BCUT2D eigenvalue weighted by Crippen LogP contribution is -2.42. The van der Waals surface area contributed by atoms with E-state index in [-0.39, 0.29) is 18.2 Å². The summed E-state index contributed by atoms with van der Waals surface area (Å²) in [6, 6.07) is 0. The number of aryl methyl sites for hydroxylation is 1. The van der Waals surface area contributed by atoms with Gasteiger partial charge in [0.2, 0.25) is 0 Å². The van der Waals surface area contributed by atoms with Gasteiger partial charge in [-0.15, -0.1) is 0 Å². The summed E-state index contributed by atoms with van der Waals surface area (Å²) in [7, 11) is 0. The number of fused-ring (bicyclic) bond motifs is 1. The molecule has 0 aliphatic heterocycles. The zero-order valence-corrected chi connectivity index (χ0v) is 13.9. The smallest absolute Gasteiger partial charge is 0.311 e. The minimum atomic E-state index is -0.953. The molecule has 1 aromatic rings. The van der Waals surface area contributed by atoms with Gasteiger partial charge >= 0.3 is 5.97 Å². The molecule has 6 nitrogen and oxygen atoms in total. The number of carbonyl (C=O) groups is 3. The van der Waals surface area contributed by atoms with Crippen molar-refractivity contribution < 1.29 is 19.5 Å². The molecule has 0 unspecified atom stereocenters. The maximum Gasteiger partial charge on any atom is 0.311 e. The summed E-state index contributed by atoms with van der Waals surface area (Å²) in [6.45, 7) is 5.45. The molecular formula is C17H24N2O4. The fraction of sp³-hybridized carbons (Fsp3) is 0.588. The molecule has 1 aliphatic rings. The van der Waals surface area contributed by atoms with Gasteiger partial charge in [-0.2, -0.15) is 0 Å². The number of amides is 1. The van der Waals surface area contributed by atoms with E-state index >= 15 is 0 Å². The van der Waals surface area contributed by atoms with E-state index in [9.17, 15) is 19.5 Å². The number of aromatic amines is 1. The maximum absolute atomic E-state index is 12.4. The molecule has 0 fully saturated rings. The lowest BCUT2D eigenvalue weighted by molar-refractivity contribution is -0.149. The largest absolute Gasteiger partial charge is 0.481 e. The van der Waals surface area contributed by atoms with Crippen molar-refractivity contribution in [2.24, 2.45) is 5.41 Å². The Labute approximate surface area is 135 Å². The van der Waals surface area contributed by atoms with Crippen LogP contribution in [-0.4, -0.2) is 34.3 Å². The van der Waals surface area contributed by atoms with E-state index in [0.29, 0.717) is 36.1 Å². The highest BCUT2D eigenvalue weighted by atomic mass is 16.4. The van der Waals surface area contributed by atoms with Gasteiger partial charge in [0.05, 0.1) is 5.41 Å². The third-order valence-corrected chi connectivity index (χ3v) is 5.06. The number of aliphatic carboxylic acids is 1. The Kier molecular flexibility index (Phi) is 4.92. The van der Waals surface area contributed by atoms with Crippen LogP contribution in [0.1, 0.15) is 71.6 Å². The van der Waals surface area contributed by atoms with Crippen molar-refractivity contribution in [2.45, 2.75) is 52.9 Å². The van der Waals surface area contributed by atoms with E-state index < -0.39 is 11.4 Å². The summed E-state index contributed by atoms with van der Waals surface area (Å²) >= 11 is 0. The lowest BCUT2D eigenvalue weighted by Gasteiger charge is -2.26. The molecule has 126 valence electrons. The number of rotatable bonds is 6. The monoisotopic (exact) mass is 320 g/mol. The number of hydrogen-bond donors (Lipinski definition) is 3. The second-order valence-electron chi connectivity index (χ2n) is 6.23. The van der Waals surface area contributed by atoms with Crippen LogP contribution in [0.15, 0.2) is 0 Å². The van der Waals surface area contributed by atoms with Gasteiger partial charge in [0, 0.05) is 24.2 Å². The molecule has 0 radical (unpaired) electrons. The first-order valence-corrected chi connectivity index (χ1v) is 8.12. The standard InChI is InChI=1S/C17H24N2O4/c1-4-17(5-2,16(22)23)9-18-15(21)14-10(3)13-11(19-14)7-6-8-12(13)20/h19H,4-9H2,1-3H3,(H,18,21)(H,22,23). The van der Waals surface area contributed by atoms with Gasteiger partial charge in [0.15, 0.2) is 5.78 Å². The van der Waals surface area contributed by atoms with Crippen molar-refractivity contribution >= 4 is 17.7 Å². The molecule has 0 aromatic carbocycles. The quantitative estimate of drug-likeness (QED) is 0.749. The fourth-order valence-electron chi connectivity index (χ4n) is 3.22. The van der Waals surface area contributed by atoms with Gasteiger partial charge in [-0.25, -0.2) is 0 Å². The molecule has 1 aliphatic carbocycles. The van der Waals surface area contributed by atoms with Crippen LogP contribution in [0, 0.1) is 12.3 Å². The molecule has 2 rings (SSSR count). The van der Waals surface area contributed by atoms with Crippen molar-refractivity contribution in [2.75, 3.05) is 6.54 Å². The Hall–Kier alpha value is -2.11. The van der Waals surface area contributed by atoms with Crippen molar-refractivity contribution in [3.63, 3.8) is 0 Å². The molecule has 6 heteroatoms. The Bertz CT molecular complexity index is 641. The van der Waals surface area contributed by atoms with E-state index in [0.717, 1.165) is 18.5 Å². The molecular weight excluding hydrogens is 296 g/mol. The number of Topliss-reactive ketones (excluding diaryl/α,β-unsaturated/α-hetero) is 1. The number of carboxylic acid groups (broad SMARTS) is 1. The van der Waals surface area contributed by atoms with Crippen LogP contribution in [0.25, 0.3) is 0 Å². The van der Waals surface area contributed by atoms with Gasteiger partial charge < -0.3 is 15.4 Å². The number of H-pyrrole nitrogens is 1. The van der Waals surface area contributed by atoms with Gasteiger partial charge in [0.1, 0.15) is 5.69 Å². The summed E-state index contributed by atoms with van der Waals surface area (Å²) < 4.78 is 0. The van der Waals surface area contributed by atoms with Crippen molar-refractivity contribution in [3.05, 3.63) is 22.5 Å². The normalized spacial score (nSPS) is 14.5. The predicted molar refractivity (Wildman–Crippen MR) is 85.8 cm³/mol. The molecule has 0 bridgehead atoms. The maximum atomic E-state index is 12.4. The third kappa shape index (κ3) is 3.02. The Morgan fingerprint density at radius 1 is 1.26 bits per heavy atom. The number of aromatic nitrogens is 1. The highest BCUT2D eigenvalue weighted by Crippen LogP contribution is 2.28. The molecule has 1 amide bonds. The number of nitrogens with one attached hydrogen (secondary N) is 2. The lowest BCUT2D eigenvalue weighted by atomic mass is 9.82. The minimum absolute atomic E-state index is 0.0704. The molecule has 23 heavy (non-hydrogen) atoms. The van der Waals surface area contributed by atoms with E-state index in [2.05, 4.69) is 10.3 Å². The minimum Gasteiger partial charge on any atom is -0.481 e. The number of carboxylic acids is 1. The first kappa shape index (κ1) is 17.2. The van der Waals surface area contributed by atoms with Crippen LogP contribution in [0.5, 0.6) is 0 Å². The Morgan fingerprint density at radius 2 is 1.91 bits per heavy atom. The zero-order valence-electron chi connectivity index (χ0n) is 13.9. The second kappa shape index (κ2) is 6.56. The molecule has 3 N–H and O–H groups in total. The van der Waals surface area contributed by atoms with Gasteiger partial charge in [-0.3, -0.25) is 14.4 Å². The Balaban J connectivity index is 2.19. The van der Waals surface area contributed by atoms with Gasteiger partial charge in [0.25, 0.3) is 5.91 Å². The highest BCUT2D eigenvalue weighted by Gasteiger charge is 2.35. The predicted octanol–water partition coefficient (Wildman–Crippen LogP) is 2.46. The first-order chi connectivity index (χ1) is 10.9. The van der Waals surface area contributed by atoms with E-state index in [1.54, 1.807) is 20.8 Å². The fourth-order valence-corrected chi connectivity index (χ4v) is 3.22. The zero-order chi connectivity index (χ0) is 17.2. The van der Waals surface area contributed by atoms with Crippen LogP contribution >= 0.6 is 0 Å². The topological polar surface area (TPSA) is 99.3 Å². The number of ketones is 1. The van der Waals surface area contributed by atoms with E-state index in [1.807, 2.05) is 0 Å². The Morgan fingerprint density at radius 3 is 2.43 bits per heavy atom. The van der Waals surface area contributed by atoms with Crippen LogP contribution in [-0.2, 0) is 11.2 Å². The summed E-state index contributed by atoms with van der Waals surface area (Å²) in [5, 5.41) is 12.2. The van der Waals surface area contributed by atoms with Gasteiger partial charge in [-0.05, 0) is 38.2 Å². The molecule has 0 spiro atoms. The molecule has 0 saturated carbocycles. The SMILES string of the molecule is CCC(CC)(CNC(=O)c1[nH]c2c(c1C)C(=O)CCC2)C(=O)O. The molecule has 1 heterocycles. The molecule has 1 aromatic heterocycles. The van der Waals surface area contributed by atoms with E-state index in [1.165, 1.54) is 0 Å². The van der Waals surface area contributed by atoms with Crippen molar-refractivity contribution in [1.29, 1.82) is 0 Å². The van der Waals surface area contributed by atoms with Crippen LogP contribution < -0.4 is 5.32 Å². The average Bonchev–Trinajstić information content (AvgIpc) is 2.86. The summed E-state index contributed by atoms with van der Waals surface area (Å²) in [5.74, 6) is -1.18. The van der Waals surface area contributed by atoms with E-state index in [4.69, 9.17) is 0 Å².